The minimum atomic E-state index is -0.553. The summed E-state index contributed by atoms with van der Waals surface area (Å²) < 4.78 is 14.4. The lowest BCUT2D eigenvalue weighted by molar-refractivity contribution is -0.132. The first-order chi connectivity index (χ1) is 15.3. The average Bonchev–Trinajstić information content (AvgIpc) is 3.41. The van der Waals surface area contributed by atoms with Crippen molar-refractivity contribution in [1.29, 1.82) is 0 Å². The molecule has 1 atom stereocenters. The van der Waals surface area contributed by atoms with Gasteiger partial charge in [-0.2, -0.15) is 4.98 Å². The Morgan fingerprint density at radius 3 is 2.62 bits per heavy atom. The summed E-state index contributed by atoms with van der Waals surface area (Å²) in [7, 11) is 6.06. The lowest BCUT2D eigenvalue weighted by atomic mass is 10.0. The number of methoxy groups -OCH3 is 2. The minimum Gasteiger partial charge on any atom is -0.497 e. The zero-order valence-corrected chi connectivity index (χ0v) is 19.0. The number of carbonyl (C=O) groups is 1. The number of likely N-dealkylation sites (tertiary alicyclic amines) is 1. The van der Waals surface area contributed by atoms with Crippen LogP contribution in [0.2, 0.25) is 5.28 Å². The zero-order chi connectivity index (χ0) is 23.2. The Kier molecular flexibility index (Phi) is 5.72. The van der Waals surface area contributed by atoms with Crippen LogP contribution in [-0.4, -0.2) is 50.3 Å². The highest BCUT2D eigenvalue weighted by Gasteiger charge is 2.33. The number of aromatic nitrogens is 4. The molecule has 0 aliphatic carbocycles. The number of carbonyl (C=O) groups excluding carboxylic acids is 1. The summed E-state index contributed by atoms with van der Waals surface area (Å²) in [5.41, 5.74) is 0.0474. The number of amides is 1. The molecule has 0 saturated carbocycles. The highest BCUT2D eigenvalue weighted by molar-refractivity contribution is 6.29. The van der Waals surface area contributed by atoms with Gasteiger partial charge in [0.2, 0.25) is 11.2 Å². The molecule has 1 fully saturated rings. The van der Waals surface area contributed by atoms with Crippen molar-refractivity contribution in [2.75, 3.05) is 20.8 Å². The molecule has 2 aromatic heterocycles. The van der Waals surface area contributed by atoms with E-state index in [1.807, 2.05) is 12.1 Å². The van der Waals surface area contributed by atoms with Crippen LogP contribution >= 0.6 is 11.6 Å². The molecular formula is C21H24ClN5O5. The number of nitrogens with zero attached hydrogens (tertiary/aromatic N) is 5. The summed E-state index contributed by atoms with van der Waals surface area (Å²) in [6, 6.07) is 5.30. The van der Waals surface area contributed by atoms with Gasteiger partial charge in [-0.25, -0.2) is 4.79 Å². The number of imidazole rings is 1. The number of halogens is 1. The monoisotopic (exact) mass is 461 g/mol. The van der Waals surface area contributed by atoms with E-state index in [0.717, 1.165) is 23.0 Å². The summed E-state index contributed by atoms with van der Waals surface area (Å²) in [4.78, 5) is 44.2. The Bertz CT molecular complexity index is 1320. The van der Waals surface area contributed by atoms with E-state index in [0.29, 0.717) is 18.0 Å². The van der Waals surface area contributed by atoms with Gasteiger partial charge in [-0.3, -0.25) is 23.3 Å². The lowest BCUT2D eigenvalue weighted by Gasteiger charge is -2.27. The fraction of sp³-hybridized carbons (Fsp3) is 0.429. The molecule has 1 unspecified atom stereocenters. The van der Waals surface area contributed by atoms with E-state index in [4.69, 9.17) is 21.1 Å². The second-order valence-corrected chi connectivity index (χ2v) is 8.04. The predicted octanol–water partition coefficient (Wildman–Crippen LogP) is 1.47. The van der Waals surface area contributed by atoms with Crippen molar-refractivity contribution in [3.05, 3.63) is 49.9 Å². The maximum absolute atomic E-state index is 13.4. The van der Waals surface area contributed by atoms with Gasteiger partial charge in [0.25, 0.3) is 5.56 Å². The predicted molar refractivity (Wildman–Crippen MR) is 118 cm³/mol. The van der Waals surface area contributed by atoms with Crippen molar-refractivity contribution in [2.45, 2.75) is 25.4 Å². The number of rotatable bonds is 5. The van der Waals surface area contributed by atoms with E-state index in [9.17, 15) is 14.4 Å². The second kappa shape index (κ2) is 8.34. The Morgan fingerprint density at radius 1 is 1.19 bits per heavy atom. The van der Waals surface area contributed by atoms with E-state index >= 15 is 0 Å². The van der Waals surface area contributed by atoms with Crippen molar-refractivity contribution < 1.29 is 14.3 Å². The summed E-state index contributed by atoms with van der Waals surface area (Å²) in [6.07, 6.45) is 1.59. The highest BCUT2D eigenvalue weighted by atomic mass is 35.5. The Morgan fingerprint density at radius 2 is 1.94 bits per heavy atom. The molecule has 1 aliphatic rings. The fourth-order valence-electron chi connectivity index (χ4n) is 4.28. The molecule has 0 bridgehead atoms. The first-order valence-corrected chi connectivity index (χ1v) is 10.5. The molecule has 10 nitrogen and oxygen atoms in total. The standard InChI is InChI=1S/C21H24ClN5O5/c1-24-18-17(19(29)25(2)21(24)30)27(20(22)23-18)11-16(28)26-9-5-6-14(26)13-10-12(31-3)7-8-15(13)32-4/h7-8,10,14H,5-6,9,11H2,1-4H3. The smallest absolute Gasteiger partial charge is 0.332 e. The van der Waals surface area contributed by atoms with Crippen molar-refractivity contribution >= 4 is 28.7 Å². The van der Waals surface area contributed by atoms with Gasteiger partial charge in [0.1, 0.15) is 18.0 Å². The van der Waals surface area contributed by atoms with Crippen LogP contribution in [0.1, 0.15) is 24.4 Å². The number of ether oxygens (including phenoxy) is 2. The molecule has 4 rings (SSSR count). The topological polar surface area (TPSA) is 101 Å². The Balaban J connectivity index is 1.72. The molecule has 11 heteroatoms. The molecule has 170 valence electrons. The molecule has 0 radical (unpaired) electrons. The van der Waals surface area contributed by atoms with Gasteiger partial charge in [0.15, 0.2) is 11.2 Å². The van der Waals surface area contributed by atoms with Crippen LogP contribution in [-0.2, 0) is 25.4 Å². The second-order valence-electron chi connectivity index (χ2n) is 7.70. The summed E-state index contributed by atoms with van der Waals surface area (Å²) >= 11 is 6.29. The summed E-state index contributed by atoms with van der Waals surface area (Å²) in [6.45, 7) is 0.385. The highest BCUT2D eigenvalue weighted by Crippen LogP contribution is 2.39. The number of benzene rings is 1. The van der Waals surface area contributed by atoms with Crippen LogP contribution in [0.5, 0.6) is 11.5 Å². The SMILES string of the molecule is COc1ccc(OC)c(C2CCCN2C(=O)Cn2c(Cl)nc3c2c(=O)n(C)c(=O)n3C)c1. The summed E-state index contributed by atoms with van der Waals surface area (Å²) in [5.74, 6) is 1.13. The van der Waals surface area contributed by atoms with Gasteiger partial charge in [-0.15, -0.1) is 0 Å². The number of fused-ring (bicyclic) bond motifs is 1. The van der Waals surface area contributed by atoms with Gasteiger partial charge >= 0.3 is 5.69 Å². The maximum atomic E-state index is 13.4. The maximum Gasteiger partial charge on any atom is 0.332 e. The van der Waals surface area contributed by atoms with Crippen LogP contribution < -0.4 is 20.7 Å². The molecular weight excluding hydrogens is 438 g/mol. The quantitative estimate of drug-likeness (QED) is 0.533. The van der Waals surface area contributed by atoms with Gasteiger partial charge < -0.3 is 14.4 Å². The van der Waals surface area contributed by atoms with E-state index in [1.54, 1.807) is 25.2 Å². The molecule has 3 aromatic rings. The first-order valence-electron chi connectivity index (χ1n) is 10.1. The van der Waals surface area contributed by atoms with Crippen molar-refractivity contribution in [3.8, 4) is 11.5 Å². The number of hydrogen-bond acceptors (Lipinski definition) is 6. The molecule has 32 heavy (non-hydrogen) atoms. The number of hydrogen-bond donors (Lipinski definition) is 0. The number of aryl methyl sites for hydroxylation is 1. The van der Waals surface area contributed by atoms with E-state index in [2.05, 4.69) is 4.98 Å². The van der Waals surface area contributed by atoms with Gasteiger partial charge in [-0.1, -0.05) is 0 Å². The molecule has 0 N–H and O–H groups in total. The largest absolute Gasteiger partial charge is 0.497 e. The third-order valence-electron chi connectivity index (χ3n) is 5.96. The Hall–Kier alpha value is -3.27. The molecule has 1 saturated heterocycles. The van der Waals surface area contributed by atoms with Crippen molar-refractivity contribution in [1.82, 2.24) is 23.6 Å². The van der Waals surface area contributed by atoms with Gasteiger partial charge in [0, 0.05) is 26.2 Å². The third-order valence-corrected chi connectivity index (χ3v) is 6.25. The zero-order valence-electron chi connectivity index (χ0n) is 18.3. The van der Waals surface area contributed by atoms with Crippen molar-refractivity contribution in [3.63, 3.8) is 0 Å². The third kappa shape index (κ3) is 3.44. The molecule has 0 spiro atoms. The lowest BCUT2D eigenvalue weighted by Crippen LogP contribution is -2.38. The van der Waals surface area contributed by atoms with Crippen LogP contribution in [0.4, 0.5) is 0 Å². The first kappa shape index (κ1) is 21.9. The van der Waals surface area contributed by atoms with Crippen LogP contribution in [0.3, 0.4) is 0 Å². The minimum absolute atomic E-state index is 0.0265. The molecule has 3 heterocycles. The van der Waals surface area contributed by atoms with Crippen LogP contribution in [0, 0.1) is 0 Å². The summed E-state index contributed by atoms with van der Waals surface area (Å²) in [5, 5.41) is -0.0265. The Labute approximate surface area is 188 Å². The van der Waals surface area contributed by atoms with E-state index in [-0.39, 0.29) is 34.9 Å². The van der Waals surface area contributed by atoms with E-state index in [1.165, 1.54) is 23.2 Å². The van der Waals surface area contributed by atoms with Crippen LogP contribution in [0.25, 0.3) is 11.2 Å². The fourth-order valence-corrected chi connectivity index (χ4v) is 4.50. The molecule has 1 aliphatic heterocycles. The van der Waals surface area contributed by atoms with Crippen LogP contribution in [0.15, 0.2) is 27.8 Å². The molecule has 1 aromatic carbocycles. The van der Waals surface area contributed by atoms with E-state index < -0.39 is 11.2 Å². The van der Waals surface area contributed by atoms with Crippen molar-refractivity contribution in [2.24, 2.45) is 14.1 Å². The molecule has 1 amide bonds. The normalized spacial score (nSPS) is 16.0. The average molecular weight is 462 g/mol. The van der Waals surface area contributed by atoms with Gasteiger partial charge in [0.05, 0.1) is 20.3 Å². The van der Waals surface area contributed by atoms with Gasteiger partial charge in [-0.05, 0) is 42.6 Å².